The summed E-state index contributed by atoms with van der Waals surface area (Å²) in [6, 6.07) is 8.09. The van der Waals surface area contributed by atoms with Gasteiger partial charge in [0.1, 0.15) is 5.54 Å². The number of nitriles is 1. The molecule has 0 bridgehead atoms. The highest BCUT2D eigenvalue weighted by molar-refractivity contribution is 5.80. The SMILES string of the molecule is Cc1ccc(C)c(CC(=O)NC(C)(C)C#N)c1. The maximum absolute atomic E-state index is 11.8. The number of aryl methyl sites for hydroxylation is 2. The molecule has 90 valence electrons. The van der Waals surface area contributed by atoms with E-state index in [-0.39, 0.29) is 5.91 Å². The average molecular weight is 230 g/mol. The number of hydrogen-bond donors (Lipinski definition) is 1. The summed E-state index contributed by atoms with van der Waals surface area (Å²) in [5.74, 6) is -0.120. The molecule has 1 aromatic rings. The van der Waals surface area contributed by atoms with Crippen LogP contribution in [0.4, 0.5) is 0 Å². The zero-order chi connectivity index (χ0) is 13.1. The molecule has 0 atom stereocenters. The molecule has 3 nitrogen and oxygen atoms in total. The van der Waals surface area contributed by atoms with Gasteiger partial charge in [0.2, 0.25) is 5.91 Å². The second-order valence-corrected chi connectivity index (χ2v) is 4.89. The highest BCUT2D eigenvalue weighted by atomic mass is 16.1. The molecule has 1 N–H and O–H groups in total. The molecule has 0 spiro atoms. The predicted molar refractivity (Wildman–Crippen MR) is 67.5 cm³/mol. The lowest BCUT2D eigenvalue weighted by molar-refractivity contribution is -0.121. The lowest BCUT2D eigenvalue weighted by atomic mass is 10.0. The third kappa shape index (κ3) is 3.92. The minimum Gasteiger partial charge on any atom is -0.338 e. The van der Waals surface area contributed by atoms with E-state index in [0.717, 1.165) is 16.7 Å². The van der Waals surface area contributed by atoms with E-state index in [1.54, 1.807) is 13.8 Å². The summed E-state index contributed by atoms with van der Waals surface area (Å²) >= 11 is 0. The fourth-order valence-electron chi connectivity index (χ4n) is 1.58. The number of amides is 1. The van der Waals surface area contributed by atoms with E-state index in [4.69, 9.17) is 5.26 Å². The maximum atomic E-state index is 11.8. The predicted octanol–water partition coefficient (Wildman–Crippen LogP) is 2.26. The number of nitrogens with one attached hydrogen (secondary N) is 1. The minimum absolute atomic E-state index is 0.120. The van der Waals surface area contributed by atoms with Gasteiger partial charge in [0.25, 0.3) is 0 Å². The van der Waals surface area contributed by atoms with Crippen molar-refractivity contribution in [2.24, 2.45) is 0 Å². The molecule has 0 aromatic heterocycles. The van der Waals surface area contributed by atoms with Crippen LogP contribution in [0.2, 0.25) is 0 Å². The Morgan fingerprint density at radius 1 is 1.41 bits per heavy atom. The van der Waals surface area contributed by atoms with E-state index in [9.17, 15) is 4.79 Å². The van der Waals surface area contributed by atoms with E-state index >= 15 is 0 Å². The molecule has 0 aliphatic carbocycles. The van der Waals surface area contributed by atoms with E-state index in [2.05, 4.69) is 11.4 Å². The lowest BCUT2D eigenvalue weighted by Crippen LogP contribution is -2.42. The van der Waals surface area contributed by atoms with Crippen molar-refractivity contribution in [3.05, 3.63) is 34.9 Å². The van der Waals surface area contributed by atoms with E-state index < -0.39 is 5.54 Å². The zero-order valence-electron chi connectivity index (χ0n) is 10.8. The van der Waals surface area contributed by atoms with Crippen LogP contribution in [0.1, 0.15) is 30.5 Å². The standard InChI is InChI=1S/C14H18N2O/c1-10-5-6-11(2)12(7-10)8-13(17)16-14(3,4)9-15/h5-7H,8H2,1-4H3,(H,16,17). The number of nitrogens with zero attached hydrogens (tertiary/aromatic N) is 1. The molecule has 0 unspecified atom stereocenters. The van der Waals surface area contributed by atoms with Crippen molar-refractivity contribution in [1.82, 2.24) is 5.32 Å². The number of hydrogen-bond acceptors (Lipinski definition) is 2. The van der Waals surface area contributed by atoms with Crippen molar-refractivity contribution in [1.29, 1.82) is 5.26 Å². The normalized spacial score (nSPS) is 10.8. The second-order valence-electron chi connectivity index (χ2n) is 4.89. The highest BCUT2D eigenvalue weighted by Gasteiger charge is 2.19. The van der Waals surface area contributed by atoms with Gasteiger partial charge in [-0.05, 0) is 38.8 Å². The Hall–Kier alpha value is -1.82. The van der Waals surface area contributed by atoms with Crippen LogP contribution < -0.4 is 5.32 Å². The molecule has 17 heavy (non-hydrogen) atoms. The van der Waals surface area contributed by atoms with Gasteiger partial charge in [0.15, 0.2) is 0 Å². The summed E-state index contributed by atoms with van der Waals surface area (Å²) in [7, 11) is 0. The summed E-state index contributed by atoms with van der Waals surface area (Å²) in [6.45, 7) is 7.36. The van der Waals surface area contributed by atoms with Gasteiger partial charge in [0, 0.05) is 0 Å². The first-order valence-electron chi connectivity index (χ1n) is 5.62. The fraction of sp³-hybridized carbons (Fsp3) is 0.429. The average Bonchev–Trinajstić information content (AvgIpc) is 2.23. The van der Waals surface area contributed by atoms with Gasteiger partial charge in [-0.3, -0.25) is 4.79 Å². The van der Waals surface area contributed by atoms with Crippen LogP contribution >= 0.6 is 0 Å². The highest BCUT2D eigenvalue weighted by Crippen LogP contribution is 2.12. The molecule has 0 heterocycles. The first kappa shape index (κ1) is 13.2. The number of carbonyl (C=O) groups excluding carboxylic acids is 1. The Kier molecular flexibility index (Phi) is 3.90. The van der Waals surface area contributed by atoms with Gasteiger partial charge in [-0.15, -0.1) is 0 Å². The first-order valence-corrected chi connectivity index (χ1v) is 5.62. The van der Waals surface area contributed by atoms with Crippen molar-refractivity contribution in [2.45, 2.75) is 39.7 Å². The summed E-state index contributed by atoms with van der Waals surface area (Å²) < 4.78 is 0. The lowest BCUT2D eigenvalue weighted by Gasteiger charge is -2.17. The Balaban J connectivity index is 2.76. The Labute approximate surface area is 102 Å². The number of rotatable bonds is 3. The molecule has 0 aliphatic heterocycles. The molecular weight excluding hydrogens is 212 g/mol. The zero-order valence-corrected chi connectivity index (χ0v) is 10.8. The van der Waals surface area contributed by atoms with Crippen LogP contribution in [0.5, 0.6) is 0 Å². The maximum Gasteiger partial charge on any atom is 0.225 e. The van der Waals surface area contributed by atoms with Gasteiger partial charge >= 0.3 is 0 Å². The fourth-order valence-corrected chi connectivity index (χ4v) is 1.58. The molecule has 1 aromatic carbocycles. The molecule has 0 saturated heterocycles. The quantitative estimate of drug-likeness (QED) is 0.866. The van der Waals surface area contributed by atoms with Gasteiger partial charge in [-0.25, -0.2) is 0 Å². The van der Waals surface area contributed by atoms with Crippen LogP contribution in [0.3, 0.4) is 0 Å². The summed E-state index contributed by atoms with van der Waals surface area (Å²) in [6.07, 6.45) is 0.318. The van der Waals surface area contributed by atoms with Gasteiger partial charge in [-0.1, -0.05) is 23.8 Å². The van der Waals surface area contributed by atoms with Crippen LogP contribution in [-0.2, 0) is 11.2 Å². The monoisotopic (exact) mass is 230 g/mol. The van der Waals surface area contributed by atoms with Crippen molar-refractivity contribution >= 4 is 5.91 Å². The van der Waals surface area contributed by atoms with E-state index in [1.165, 1.54) is 0 Å². The molecule has 0 saturated carbocycles. The van der Waals surface area contributed by atoms with E-state index in [1.807, 2.05) is 32.0 Å². The molecule has 0 aliphatic rings. The molecule has 1 rings (SSSR count). The number of benzene rings is 1. The molecule has 3 heteroatoms. The van der Waals surface area contributed by atoms with Crippen molar-refractivity contribution in [3.8, 4) is 6.07 Å². The van der Waals surface area contributed by atoms with Crippen molar-refractivity contribution < 1.29 is 4.79 Å². The van der Waals surface area contributed by atoms with Crippen LogP contribution in [0.25, 0.3) is 0 Å². The largest absolute Gasteiger partial charge is 0.338 e. The molecular formula is C14H18N2O. The Morgan fingerprint density at radius 3 is 2.65 bits per heavy atom. The smallest absolute Gasteiger partial charge is 0.225 e. The Morgan fingerprint density at radius 2 is 2.06 bits per heavy atom. The van der Waals surface area contributed by atoms with Crippen molar-refractivity contribution in [3.63, 3.8) is 0 Å². The topological polar surface area (TPSA) is 52.9 Å². The van der Waals surface area contributed by atoms with Gasteiger partial charge in [-0.2, -0.15) is 5.26 Å². The summed E-state index contributed by atoms with van der Waals surface area (Å²) in [5.41, 5.74) is 2.43. The number of carbonyl (C=O) groups is 1. The third-order valence-electron chi connectivity index (χ3n) is 2.59. The minimum atomic E-state index is -0.811. The summed E-state index contributed by atoms with van der Waals surface area (Å²) in [4.78, 5) is 11.8. The summed E-state index contributed by atoms with van der Waals surface area (Å²) in [5, 5.41) is 11.5. The van der Waals surface area contributed by atoms with Gasteiger partial charge in [0.05, 0.1) is 12.5 Å². The molecule has 1 amide bonds. The molecule has 0 fully saturated rings. The third-order valence-corrected chi connectivity index (χ3v) is 2.59. The van der Waals surface area contributed by atoms with Gasteiger partial charge < -0.3 is 5.32 Å². The Bertz CT molecular complexity index is 470. The van der Waals surface area contributed by atoms with Crippen molar-refractivity contribution in [2.75, 3.05) is 0 Å². The second kappa shape index (κ2) is 5.01. The van der Waals surface area contributed by atoms with Crippen LogP contribution in [0.15, 0.2) is 18.2 Å². The first-order chi connectivity index (χ1) is 7.84. The van der Waals surface area contributed by atoms with E-state index in [0.29, 0.717) is 6.42 Å². The molecule has 0 radical (unpaired) electrons. The van der Waals surface area contributed by atoms with Crippen LogP contribution in [-0.4, -0.2) is 11.4 Å². The van der Waals surface area contributed by atoms with Crippen LogP contribution in [0, 0.1) is 25.2 Å².